The number of nitrogens with zero attached hydrogens (tertiary/aromatic N) is 1. The summed E-state index contributed by atoms with van der Waals surface area (Å²) in [6.45, 7) is 8.33. The number of piperidine rings is 1. The van der Waals surface area contributed by atoms with Crippen LogP contribution >= 0.6 is 0 Å². The molecule has 2 aliphatic heterocycles. The fraction of sp³-hybridized carbons (Fsp3) is 0.611. The van der Waals surface area contributed by atoms with Crippen LogP contribution in [0.5, 0.6) is 0 Å². The number of fused-ring (bicyclic) bond motifs is 1. The van der Waals surface area contributed by atoms with E-state index in [1.807, 2.05) is 4.90 Å². The van der Waals surface area contributed by atoms with Crippen LogP contribution in [0.15, 0.2) is 18.2 Å². The van der Waals surface area contributed by atoms with E-state index in [0.717, 1.165) is 25.2 Å². The molecule has 0 saturated carbocycles. The second kappa shape index (κ2) is 5.80. The predicted molar refractivity (Wildman–Crippen MR) is 86.8 cm³/mol. The summed E-state index contributed by atoms with van der Waals surface area (Å²) in [5.74, 6) is 1.35. The molecule has 0 aromatic heterocycles. The van der Waals surface area contributed by atoms with Gasteiger partial charge in [-0.3, -0.25) is 4.79 Å². The van der Waals surface area contributed by atoms with Crippen molar-refractivity contribution in [2.24, 2.45) is 5.92 Å². The van der Waals surface area contributed by atoms with Gasteiger partial charge in [-0.1, -0.05) is 19.1 Å². The maximum Gasteiger partial charge on any atom is 0.224 e. The fourth-order valence-corrected chi connectivity index (χ4v) is 3.86. The number of amides is 1. The minimum Gasteiger partial charge on any atom is -0.317 e. The first-order valence-corrected chi connectivity index (χ1v) is 8.21. The van der Waals surface area contributed by atoms with Crippen LogP contribution in [0.25, 0.3) is 0 Å². The molecule has 3 nitrogen and oxygen atoms in total. The van der Waals surface area contributed by atoms with Crippen molar-refractivity contribution < 1.29 is 4.79 Å². The molecule has 114 valence electrons. The second-order valence-electron chi connectivity index (χ2n) is 6.72. The molecule has 1 aromatic rings. The fourth-order valence-electron chi connectivity index (χ4n) is 3.86. The summed E-state index contributed by atoms with van der Waals surface area (Å²) in [6, 6.07) is 7.08. The lowest BCUT2D eigenvalue weighted by molar-refractivity contribution is -0.117. The first-order valence-electron chi connectivity index (χ1n) is 8.21. The van der Waals surface area contributed by atoms with Crippen LogP contribution in [0, 0.1) is 5.92 Å². The molecule has 0 radical (unpaired) electrons. The first kappa shape index (κ1) is 14.6. The molecule has 0 spiro atoms. The maximum atomic E-state index is 12.0. The topological polar surface area (TPSA) is 32.3 Å². The van der Waals surface area contributed by atoms with Crippen molar-refractivity contribution in [3.05, 3.63) is 29.3 Å². The highest BCUT2D eigenvalue weighted by atomic mass is 16.2. The minimum absolute atomic E-state index is 0.157. The number of nitrogens with one attached hydrogen (secondary N) is 1. The summed E-state index contributed by atoms with van der Waals surface area (Å²) < 4.78 is 0. The molecule has 1 fully saturated rings. The van der Waals surface area contributed by atoms with Crippen LogP contribution in [-0.2, 0) is 11.2 Å². The van der Waals surface area contributed by atoms with E-state index in [1.54, 1.807) is 6.92 Å². The van der Waals surface area contributed by atoms with Crippen LogP contribution in [0.3, 0.4) is 0 Å². The number of carbonyl (C=O) groups excluding carboxylic acids is 1. The summed E-state index contributed by atoms with van der Waals surface area (Å²) in [7, 11) is 0. The van der Waals surface area contributed by atoms with E-state index in [0.29, 0.717) is 17.9 Å². The van der Waals surface area contributed by atoms with Gasteiger partial charge in [-0.15, -0.1) is 0 Å². The summed E-state index contributed by atoms with van der Waals surface area (Å²) in [5, 5.41) is 3.43. The summed E-state index contributed by atoms with van der Waals surface area (Å²) >= 11 is 0. The van der Waals surface area contributed by atoms with Crippen molar-refractivity contribution in [1.82, 2.24) is 5.32 Å². The Morgan fingerprint density at radius 3 is 2.62 bits per heavy atom. The normalized spacial score (nSPS) is 26.5. The van der Waals surface area contributed by atoms with E-state index >= 15 is 0 Å². The zero-order chi connectivity index (χ0) is 15.0. The molecule has 0 bridgehead atoms. The monoisotopic (exact) mass is 286 g/mol. The van der Waals surface area contributed by atoms with Gasteiger partial charge in [-0.25, -0.2) is 0 Å². The Bertz CT molecular complexity index is 534. The average molecular weight is 286 g/mol. The van der Waals surface area contributed by atoms with Gasteiger partial charge in [-0.2, -0.15) is 0 Å². The van der Waals surface area contributed by atoms with Gasteiger partial charge >= 0.3 is 0 Å². The Morgan fingerprint density at radius 2 is 1.95 bits per heavy atom. The van der Waals surface area contributed by atoms with Crippen molar-refractivity contribution in [3.63, 3.8) is 0 Å². The molecule has 2 aliphatic rings. The van der Waals surface area contributed by atoms with Gasteiger partial charge in [0.25, 0.3) is 0 Å². The Hall–Kier alpha value is -1.35. The molecular weight excluding hydrogens is 260 g/mol. The standard InChI is InChI=1S/C18H26N2O/c1-12-10-17-11-16(15-6-8-19-9-7-15)4-5-18(17)20(13(12)2)14(3)21/h4-5,11-13,15,19H,6-10H2,1-3H3/t12-,13+/m1/s1. The van der Waals surface area contributed by atoms with Gasteiger partial charge in [0.1, 0.15) is 0 Å². The number of anilines is 1. The van der Waals surface area contributed by atoms with Gasteiger partial charge in [0, 0.05) is 18.7 Å². The highest BCUT2D eigenvalue weighted by molar-refractivity contribution is 5.93. The lowest BCUT2D eigenvalue weighted by Gasteiger charge is -2.39. The molecule has 2 atom stereocenters. The molecule has 3 rings (SSSR count). The Morgan fingerprint density at radius 1 is 1.24 bits per heavy atom. The van der Waals surface area contributed by atoms with Gasteiger partial charge in [0.05, 0.1) is 0 Å². The number of hydrogen-bond acceptors (Lipinski definition) is 2. The SMILES string of the molecule is CC(=O)N1c2ccc(C3CCNCC3)cc2C[C@@H](C)[C@@H]1C. The smallest absolute Gasteiger partial charge is 0.224 e. The van der Waals surface area contributed by atoms with E-state index in [9.17, 15) is 4.79 Å². The molecular formula is C18H26N2O. The number of rotatable bonds is 1. The second-order valence-corrected chi connectivity index (χ2v) is 6.72. The van der Waals surface area contributed by atoms with Crippen molar-refractivity contribution in [3.8, 4) is 0 Å². The van der Waals surface area contributed by atoms with Crippen LogP contribution in [0.4, 0.5) is 5.69 Å². The van der Waals surface area contributed by atoms with Crippen molar-refractivity contribution >= 4 is 11.6 Å². The number of benzene rings is 1. The molecule has 0 unspecified atom stereocenters. The largest absolute Gasteiger partial charge is 0.317 e. The summed E-state index contributed by atoms with van der Waals surface area (Å²) in [4.78, 5) is 14.0. The molecule has 3 heteroatoms. The number of hydrogen-bond donors (Lipinski definition) is 1. The van der Waals surface area contributed by atoms with Crippen molar-refractivity contribution in [2.75, 3.05) is 18.0 Å². The van der Waals surface area contributed by atoms with E-state index in [2.05, 4.69) is 37.4 Å². The van der Waals surface area contributed by atoms with Gasteiger partial charge < -0.3 is 10.2 Å². The molecule has 2 heterocycles. The Kier molecular flexibility index (Phi) is 4.03. The van der Waals surface area contributed by atoms with Crippen LogP contribution in [-0.4, -0.2) is 25.0 Å². The van der Waals surface area contributed by atoms with E-state index in [-0.39, 0.29) is 5.91 Å². The van der Waals surface area contributed by atoms with Gasteiger partial charge in [0.15, 0.2) is 0 Å². The van der Waals surface area contributed by atoms with Crippen molar-refractivity contribution in [1.29, 1.82) is 0 Å². The Labute approximate surface area is 127 Å². The highest BCUT2D eigenvalue weighted by Crippen LogP contribution is 2.37. The van der Waals surface area contributed by atoms with E-state index < -0.39 is 0 Å². The lowest BCUT2D eigenvalue weighted by atomic mass is 9.83. The molecule has 0 aliphatic carbocycles. The Balaban J connectivity index is 1.94. The van der Waals surface area contributed by atoms with Gasteiger partial charge in [-0.05, 0) is 68.3 Å². The lowest BCUT2D eigenvalue weighted by Crippen LogP contribution is -2.45. The average Bonchev–Trinajstić information content (AvgIpc) is 2.48. The number of carbonyl (C=O) groups is 1. The van der Waals surface area contributed by atoms with E-state index in [1.165, 1.54) is 24.0 Å². The zero-order valence-corrected chi connectivity index (χ0v) is 13.4. The van der Waals surface area contributed by atoms with Gasteiger partial charge in [0.2, 0.25) is 5.91 Å². The molecule has 1 N–H and O–H groups in total. The maximum absolute atomic E-state index is 12.0. The van der Waals surface area contributed by atoms with Crippen molar-refractivity contribution in [2.45, 2.75) is 52.0 Å². The first-order chi connectivity index (χ1) is 10.1. The summed E-state index contributed by atoms with van der Waals surface area (Å²) in [6.07, 6.45) is 3.53. The quantitative estimate of drug-likeness (QED) is 0.860. The third kappa shape index (κ3) is 2.71. The minimum atomic E-state index is 0.157. The predicted octanol–water partition coefficient (Wildman–Crippen LogP) is 3.09. The highest BCUT2D eigenvalue weighted by Gasteiger charge is 2.31. The van der Waals surface area contributed by atoms with Crippen LogP contribution < -0.4 is 10.2 Å². The summed E-state index contributed by atoms with van der Waals surface area (Å²) in [5.41, 5.74) is 3.94. The third-order valence-electron chi connectivity index (χ3n) is 5.29. The molecule has 1 saturated heterocycles. The van der Waals surface area contributed by atoms with E-state index in [4.69, 9.17) is 0 Å². The zero-order valence-electron chi connectivity index (χ0n) is 13.4. The molecule has 21 heavy (non-hydrogen) atoms. The van der Waals surface area contributed by atoms with Crippen LogP contribution in [0.1, 0.15) is 50.7 Å². The molecule has 1 aromatic carbocycles. The third-order valence-corrected chi connectivity index (χ3v) is 5.29. The molecule has 1 amide bonds. The van der Waals surface area contributed by atoms with Crippen LogP contribution in [0.2, 0.25) is 0 Å².